The van der Waals surface area contributed by atoms with Gasteiger partial charge in [0.2, 0.25) is 5.91 Å². The molecule has 1 heterocycles. The van der Waals surface area contributed by atoms with Crippen molar-refractivity contribution >= 4 is 22.4 Å². The molecule has 0 aliphatic rings. The summed E-state index contributed by atoms with van der Waals surface area (Å²) in [7, 11) is 0. The minimum absolute atomic E-state index is 0.00418. The number of nitrogens with one attached hydrogen (secondary N) is 1. The molecular formula is C14H25N3O2S. The third-order valence-electron chi connectivity index (χ3n) is 3.11. The Kier molecular flexibility index (Phi) is 6.10. The Hall–Kier alpha value is -0.980. The lowest BCUT2D eigenvalue weighted by atomic mass is 9.89. The van der Waals surface area contributed by atoms with Crippen molar-refractivity contribution in [2.75, 3.05) is 18.0 Å². The smallest absolute Gasteiger partial charge is 0.225 e. The van der Waals surface area contributed by atoms with Gasteiger partial charge in [0.1, 0.15) is 0 Å². The minimum atomic E-state index is -0.398. The fraction of sp³-hybridized carbons (Fsp3) is 0.714. The fourth-order valence-corrected chi connectivity index (χ4v) is 2.57. The summed E-state index contributed by atoms with van der Waals surface area (Å²) in [6.07, 6.45) is -0.398. The number of anilines is 1. The summed E-state index contributed by atoms with van der Waals surface area (Å²) in [5.41, 5.74) is 0.763. The Morgan fingerprint density at radius 3 is 2.70 bits per heavy atom. The summed E-state index contributed by atoms with van der Waals surface area (Å²) in [6.45, 7) is 11.2. The Bertz CT molecular complexity index is 440. The second-order valence-corrected chi connectivity index (χ2v) is 6.73. The molecule has 1 rings (SSSR count). The fourth-order valence-electron chi connectivity index (χ4n) is 1.64. The van der Waals surface area contributed by atoms with Gasteiger partial charge in [-0.15, -0.1) is 11.3 Å². The van der Waals surface area contributed by atoms with Gasteiger partial charge in [0.15, 0.2) is 5.13 Å². The van der Waals surface area contributed by atoms with E-state index in [1.807, 2.05) is 33.1 Å². The lowest BCUT2D eigenvalue weighted by Crippen LogP contribution is -2.36. The SMILES string of the molecule is CCN(C(C)=O)c1nc(CNCC(O)C(C)(C)C)cs1. The summed E-state index contributed by atoms with van der Waals surface area (Å²) in [4.78, 5) is 17.5. The average molecular weight is 299 g/mol. The molecular weight excluding hydrogens is 274 g/mol. The third-order valence-corrected chi connectivity index (χ3v) is 4.02. The first-order valence-electron chi connectivity index (χ1n) is 6.87. The van der Waals surface area contributed by atoms with Gasteiger partial charge in [-0.1, -0.05) is 20.8 Å². The van der Waals surface area contributed by atoms with E-state index in [0.29, 0.717) is 19.6 Å². The van der Waals surface area contributed by atoms with Crippen molar-refractivity contribution in [2.45, 2.75) is 47.3 Å². The standard InChI is InChI=1S/C14H25N3O2S/c1-6-17(10(2)18)13-16-11(9-20-13)7-15-8-12(19)14(3,4)5/h9,12,15,19H,6-8H2,1-5H3. The Morgan fingerprint density at radius 1 is 1.55 bits per heavy atom. The van der Waals surface area contributed by atoms with Crippen LogP contribution in [0.15, 0.2) is 5.38 Å². The molecule has 0 aliphatic heterocycles. The predicted molar refractivity (Wildman–Crippen MR) is 83.0 cm³/mol. The quantitative estimate of drug-likeness (QED) is 0.843. The van der Waals surface area contributed by atoms with Gasteiger partial charge in [0.25, 0.3) is 0 Å². The number of aromatic nitrogens is 1. The average Bonchev–Trinajstić information content (AvgIpc) is 2.76. The number of carbonyl (C=O) groups excluding carboxylic acids is 1. The number of thiazole rings is 1. The summed E-state index contributed by atoms with van der Waals surface area (Å²) >= 11 is 1.47. The van der Waals surface area contributed by atoms with E-state index in [1.165, 1.54) is 11.3 Å². The van der Waals surface area contributed by atoms with Gasteiger partial charge in [-0.2, -0.15) is 0 Å². The molecule has 5 nitrogen and oxygen atoms in total. The van der Waals surface area contributed by atoms with Crippen LogP contribution in [0.1, 0.15) is 40.3 Å². The van der Waals surface area contributed by atoms with Crippen LogP contribution in [0.4, 0.5) is 5.13 Å². The van der Waals surface area contributed by atoms with Crippen LogP contribution in [0.3, 0.4) is 0 Å². The van der Waals surface area contributed by atoms with Crippen LogP contribution >= 0.6 is 11.3 Å². The van der Waals surface area contributed by atoms with Crippen LogP contribution in [-0.4, -0.2) is 35.2 Å². The van der Waals surface area contributed by atoms with E-state index in [9.17, 15) is 9.90 Å². The number of carbonyl (C=O) groups is 1. The molecule has 0 fully saturated rings. The molecule has 0 saturated heterocycles. The first-order chi connectivity index (χ1) is 9.25. The normalized spacial score (nSPS) is 13.3. The zero-order chi connectivity index (χ0) is 15.3. The second kappa shape index (κ2) is 7.15. The van der Waals surface area contributed by atoms with Crippen molar-refractivity contribution in [3.8, 4) is 0 Å². The maximum absolute atomic E-state index is 11.4. The van der Waals surface area contributed by atoms with Crippen LogP contribution in [-0.2, 0) is 11.3 Å². The van der Waals surface area contributed by atoms with Crippen molar-refractivity contribution < 1.29 is 9.90 Å². The molecule has 0 aliphatic carbocycles. The maximum atomic E-state index is 11.4. The van der Waals surface area contributed by atoms with Crippen molar-refractivity contribution in [1.82, 2.24) is 10.3 Å². The number of hydrogen-bond donors (Lipinski definition) is 2. The van der Waals surface area contributed by atoms with E-state index < -0.39 is 6.10 Å². The highest BCUT2D eigenvalue weighted by Gasteiger charge is 2.21. The number of hydrogen-bond acceptors (Lipinski definition) is 5. The lowest BCUT2D eigenvalue weighted by Gasteiger charge is -2.25. The molecule has 1 aromatic heterocycles. The Morgan fingerprint density at radius 2 is 2.20 bits per heavy atom. The minimum Gasteiger partial charge on any atom is -0.391 e. The molecule has 20 heavy (non-hydrogen) atoms. The third kappa shape index (κ3) is 4.85. The highest BCUT2D eigenvalue weighted by atomic mass is 32.1. The molecule has 1 atom stereocenters. The summed E-state index contributed by atoms with van der Waals surface area (Å²) in [5, 5.41) is 15.8. The van der Waals surface area contributed by atoms with E-state index in [2.05, 4.69) is 10.3 Å². The van der Waals surface area contributed by atoms with Gasteiger partial charge in [-0.3, -0.25) is 9.69 Å². The molecule has 1 amide bonds. The van der Waals surface area contributed by atoms with E-state index in [0.717, 1.165) is 10.8 Å². The van der Waals surface area contributed by atoms with E-state index in [-0.39, 0.29) is 11.3 Å². The molecule has 6 heteroatoms. The zero-order valence-electron chi connectivity index (χ0n) is 12.9. The second-order valence-electron chi connectivity index (χ2n) is 5.90. The number of amides is 1. The van der Waals surface area contributed by atoms with Crippen LogP contribution in [0, 0.1) is 5.41 Å². The molecule has 0 bridgehead atoms. The predicted octanol–water partition coefficient (Wildman–Crippen LogP) is 2.01. The topological polar surface area (TPSA) is 65.5 Å². The summed E-state index contributed by atoms with van der Waals surface area (Å²) in [5.74, 6) is 0.00418. The van der Waals surface area contributed by atoms with Crippen LogP contribution in [0.25, 0.3) is 0 Å². The number of aliphatic hydroxyl groups excluding tert-OH is 1. The molecule has 0 radical (unpaired) electrons. The molecule has 2 N–H and O–H groups in total. The van der Waals surface area contributed by atoms with E-state index in [1.54, 1.807) is 11.8 Å². The van der Waals surface area contributed by atoms with Crippen molar-refractivity contribution in [2.24, 2.45) is 5.41 Å². The van der Waals surface area contributed by atoms with Gasteiger partial charge in [0, 0.05) is 31.9 Å². The van der Waals surface area contributed by atoms with Crippen LogP contribution in [0.2, 0.25) is 0 Å². The Labute approximate surface area is 125 Å². The van der Waals surface area contributed by atoms with Crippen LogP contribution in [0.5, 0.6) is 0 Å². The van der Waals surface area contributed by atoms with Gasteiger partial charge in [-0.25, -0.2) is 4.98 Å². The molecule has 114 valence electrons. The van der Waals surface area contributed by atoms with Gasteiger partial charge in [-0.05, 0) is 12.3 Å². The Balaban J connectivity index is 2.51. The number of rotatable bonds is 6. The number of aliphatic hydroxyl groups is 1. The highest BCUT2D eigenvalue weighted by Crippen LogP contribution is 2.21. The summed E-state index contributed by atoms with van der Waals surface area (Å²) < 4.78 is 0. The van der Waals surface area contributed by atoms with Crippen molar-refractivity contribution in [3.05, 3.63) is 11.1 Å². The van der Waals surface area contributed by atoms with Gasteiger partial charge in [0.05, 0.1) is 11.8 Å². The first-order valence-corrected chi connectivity index (χ1v) is 7.75. The van der Waals surface area contributed by atoms with E-state index >= 15 is 0 Å². The lowest BCUT2D eigenvalue weighted by molar-refractivity contribution is -0.116. The molecule has 1 aromatic rings. The van der Waals surface area contributed by atoms with Crippen molar-refractivity contribution in [1.29, 1.82) is 0 Å². The maximum Gasteiger partial charge on any atom is 0.225 e. The zero-order valence-corrected chi connectivity index (χ0v) is 13.8. The molecule has 0 aromatic carbocycles. The van der Waals surface area contributed by atoms with Crippen molar-refractivity contribution in [3.63, 3.8) is 0 Å². The van der Waals surface area contributed by atoms with Gasteiger partial charge >= 0.3 is 0 Å². The monoisotopic (exact) mass is 299 g/mol. The molecule has 0 spiro atoms. The summed E-state index contributed by atoms with van der Waals surface area (Å²) in [6, 6.07) is 0. The van der Waals surface area contributed by atoms with Gasteiger partial charge < -0.3 is 10.4 Å². The molecule has 1 unspecified atom stereocenters. The highest BCUT2D eigenvalue weighted by molar-refractivity contribution is 7.14. The number of nitrogens with zero attached hydrogens (tertiary/aromatic N) is 2. The largest absolute Gasteiger partial charge is 0.391 e. The van der Waals surface area contributed by atoms with E-state index in [4.69, 9.17) is 0 Å². The molecule has 0 saturated carbocycles. The first kappa shape index (κ1) is 17.1. The van der Waals surface area contributed by atoms with Crippen LogP contribution < -0.4 is 10.2 Å².